The highest BCUT2D eigenvalue weighted by molar-refractivity contribution is 6.48. The van der Waals surface area contributed by atoms with E-state index in [0.29, 0.717) is 0 Å². The molecule has 2 unspecified atom stereocenters. The van der Waals surface area contributed by atoms with Crippen molar-refractivity contribution < 1.29 is 20.1 Å². The van der Waals surface area contributed by atoms with Crippen molar-refractivity contribution in [3.8, 4) is 0 Å². The van der Waals surface area contributed by atoms with E-state index in [0.717, 1.165) is 0 Å². The molecule has 0 aromatic heterocycles. The van der Waals surface area contributed by atoms with Crippen LogP contribution in [0, 0.1) is 0 Å². The summed E-state index contributed by atoms with van der Waals surface area (Å²) in [6, 6.07) is 2.65. The van der Waals surface area contributed by atoms with E-state index in [4.69, 9.17) is 39.9 Å². The number of benzene rings is 1. The van der Waals surface area contributed by atoms with Crippen LogP contribution in [0.2, 0.25) is 15.1 Å². The van der Waals surface area contributed by atoms with Crippen molar-refractivity contribution in [1.82, 2.24) is 0 Å². The second-order valence-corrected chi connectivity index (χ2v) is 4.60. The molecule has 1 rings (SSSR count). The van der Waals surface area contributed by atoms with Crippen LogP contribution in [0.4, 0.5) is 0 Å². The van der Waals surface area contributed by atoms with Gasteiger partial charge >= 0.3 is 5.97 Å². The Hall–Kier alpha value is -0.520. The van der Waals surface area contributed by atoms with Crippen molar-refractivity contribution in [3.05, 3.63) is 32.8 Å². The lowest BCUT2D eigenvalue weighted by molar-refractivity contribution is -0.141. The molecule has 1 aromatic rings. The van der Waals surface area contributed by atoms with E-state index in [1.165, 1.54) is 12.1 Å². The largest absolute Gasteiger partial charge is 0.481 e. The molecule has 7 heteroatoms. The molecule has 0 saturated heterocycles. The SMILES string of the molecule is O=C(O)CC(O)C(O)c1cc(Cl)c(Cl)c(Cl)c1. The number of aliphatic hydroxyl groups is 2. The molecule has 0 aliphatic rings. The van der Waals surface area contributed by atoms with Gasteiger partial charge in [-0.15, -0.1) is 0 Å². The third-order valence-electron chi connectivity index (χ3n) is 2.10. The fourth-order valence-corrected chi connectivity index (χ4v) is 1.87. The molecule has 0 heterocycles. The van der Waals surface area contributed by atoms with Crippen LogP contribution in [0.3, 0.4) is 0 Å². The molecule has 94 valence electrons. The van der Waals surface area contributed by atoms with Crippen molar-refractivity contribution in [1.29, 1.82) is 0 Å². The van der Waals surface area contributed by atoms with Crippen molar-refractivity contribution in [3.63, 3.8) is 0 Å². The molecule has 3 N–H and O–H groups in total. The number of aliphatic carboxylic acids is 1. The van der Waals surface area contributed by atoms with E-state index in [-0.39, 0.29) is 20.6 Å². The third kappa shape index (κ3) is 3.72. The molecule has 0 radical (unpaired) electrons. The van der Waals surface area contributed by atoms with Crippen molar-refractivity contribution in [2.75, 3.05) is 0 Å². The molecule has 0 spiro atoms. The van der Waals surface area contributed by atoms with Crippen LogP contribution in [0.5, 0.6) is 0 Å². The first-order valence-corrected chi connectivity index (χ1v) is 5.68. The van der Waals surface area contributed by atoms with Crippen LogP contribution < -0.4 is 0 Å². The van der Waals surface area contributed by atoms with Crippen LogP contribution in [0.15, 0.2) is 12.1 Å². The van der Waals surface area contributed by atoms with Gasteiger partial charge in [0.25, 0.3) is 0 Å². The van der Waals surface area contributed by atoms with Gasteiger partial charge in [-0.05, 0) is 17.7 Å². The van der Waals surface area contributed by atoms with Gasteiger partial charge in [0, 0.05) is 0 Å². The molecule has 17 heavy (non-hydrogen) atoms. The molecule has 0 aliphatic carbocycles. The van der Waals surface area contributed by atoms with Gasteiger partial charge in [0.15, 0.2) is 0 Å². The number of carboxylic acid groups (broad SMARTS) is 1. The zero-order chi connectivity index (χ0) is 13.2. The Bertz CT molecular complexity index is 413. The summed E-state index contributed by atoms with van der Waals surface area (Å²) in [7, 11) is 0. The molecule has 4 nitrogen and oxygen atoms in total. The highest BCUT2D eigenvalue weighted by Gasteiger charge is 2.22. The van der Waals surface area contributed by atoms with E-state index in [1.54, 1.807) is 0 Å². The topological polar surface area (TPSA) is 77.8 Å². The second kappa shape index (κ2) is 5.89. The van der Waals surface area contributed by atoms with Gasteiger partial charge < -0.3 is 15.3 Å². The van der Waals surface area contributed by atoms with Gasteiger partial charge in [-0.25, -0.2) is 0 Å². The molecule has 0 aliphatic heterocycles. The van der Waals surface area contributed by atoms with E-state index in [1.807, 2.05) is 0 Å². The normalized spacial score (nSPS) is 14.4. The maximum Gasteiger partial charge on any atom is 0.306 e. The zero-order valence-corrected chi connectivity index (χ0v) is 10.7. The minimum Gasteiger partial charge on any atom is -0.481 e. The lowest BCUT2D eigenvalue weighted by atomic mass is 10.0. The third-order valence-corrected chi connectivity index (χ3v) is 3.29. The van der Waals surface area contributed by atoms with E-state index < -0.39 is 24.6 Å². The predicted molar refractivity (Wildman–Crippen MR) is 64.7 cm³/mol. The van der Waals surface area contributed by atoms with Crippen LogP contribution in [0.25, 0.3) is 0 Å². The van der Waals surface area contributed by atoms with E-state index >= 15 is 0 Å². The molecular formula is C10H9Cl3O4. The Morgan fingerprint density at radius 2 is 1.65 bits per heavy atom. The zero-order valence-electron chi connectivity index (χ0n) is 8.40. The van der Waals surface area contributed by atoms with Crippen molar-refractivity contribution in [2.45, 2.75) is 18.6 Å². The van der Waals surface area contributed by atoms with Gasteiger partial charge in [0.1, 0.15) is 6.10 Å². The second-order valence-electron chi connectivity index (χ2n) is 3.41. The first-order valence-electron chi connectivity index (χ1n) is 4.55. The minimum atomic E-state index is -1.44. The average molecular weight is 300 g/mol. The van der Waals surface area contributed by atoms with E-state index in [2.05, 4.69) is 0 Å². The average Bonchev–Trinajstić information content (AvgIpc) is 2.23. The number of hydrogen-bond acceptors (Lipinski definition) is 3. The summed E-state index contributed by atoms with van der Waals surface area (Å²) < 4.78 is 0. The minimum absolute atomic E-state index is 0.121. The lowest BCUT2D eigenvalue weighted by Gasteiger charge is -2.17. The Balaban J connectivity index is 2.96. The van der Waals surface area contributed by atoms with Crippen molar-refractivity contribution >= 4 is 40.8 Å². The molecule has 0 amide bonds. The standard InChI is InChI=1S/C10H9Cl3O4/c11-5-1-4(2-6(12)9(5)13)10(17)7(14)3-8(15)16/h1-2,7,10,14,17H,3H2,(H,15,16). The van der Waals surface area contributed by atoms with Gasteiger partial charge in [0.05, 0.1) is 27.6 Å². The summed E-state index contributed by atoms with van der Waals surface area (Å²) in [4.78, 5) is 10.4. The highest BCUT2D eigenvalue weighted by Crippen LogP contribution is 2.34. The molecule has 1 aromatic carbocycles. The Kier molecular flexibility index (Phi) is 5.04. The van der Waals surface area contributed by atoms with Crippen LogP contribution in [-0.4, -0.2) is 27.4 Å². The molecule has 0 bridgehead atoms. The summed E-state index contributed by atoms with van der Waals surface area (Å²) in [6.45, 7) is 0. The van der Waals surface area contributed by atoms with Gasteiger partial charge in [-0.1, -0.05) is 34.8 Å². The summed E-state index contributed by atoms with van der Waals surface area (Å²) in [5, 5.41) is 28.0. The highest BCUT2D eigenvalue weighted by atomic mass is 35.5. The monoisotopic (exact) mass is 298 g/mol. The van der Waals surface area contributed by atoms with E-state index in [9.17, 15) is 15.0 Å². The summed E-state index contributed by atoms with van der Waals surface area (Å²) in [5.41, 5.74) is 0.207. The molecule has 0 saturated carbocycles. The van der Waals surface area contributed by atoms with Crippen LogP contribution in [-0.2, 0) is 4.79 Å². The molecule has 2 atom stereocenters. The molecular weight excluding hydrogens is 290 g/mol. The Morgan fingerprint density at radius 1 is 1.18 bits per heavy atom. The lowest BCUT2D eigenvalue weighted by Crippen LogP contribution is -2.21. The van der Waals surface area contributed by atoms with Crippen LogP contribution >= 0.6 is 34.8 Å². The summed E-state index contributed by atoms with van der Waals surface area (Å²) in [5.74, 6) is -1.22. The predicted octanol–water partition coefficient (Wildman–Crippen LogP) is 2.52. The number of carbonyl (C=O) groups is 1. The van der Waals surface area contributed by atoms with Gasteiger partial charge in [-0.2, -0.15) is 0 Å². The summed E-state index contributed by atoms with van der Waals surface area (Å²) >= 11 is 17.2. The number of rotatable bonds is 4. The number of aliphatic hydroxyl groups excluding tert-OH is 2. The Labute approximate surface area is 112 Å². The summed E-state index contributed by atoms with van der Waals surface area (Å²) in [6.07, 6.45) is -3.42. The number of hydrogen-bond donors (Lipinski definition) is 3. The molecule has 0 fully saturated rings. The first kappa shape index (κ1) is 14.5. The first-order chi connectivity index (χ1) is 7.82. The smallest absolute Gasteiger partial charge is 0.306 e. The van der Waals surface area contributed by atoms with Crippen LogP contribution in [0.1, 0.15) is 18.1 Å². The Morgan fingerprint density at radius 3 is 2.06 bits per heavy atom. The number of halogens is 3. The fraction of sp³-hybridized carbons (Fsp3) is 0.300. The quantitative estimate of drug-likeness (QED) is 0.747. The van der Waals surface area contributed by atoms with Crippen molar-refractivity contribution in [2.24, 2.45) is 0 Å². The maximum atomic E-state index is 10.4. The van der Waals surface area contributed by atoms with Gasteiger partial charge in [-0.3, -0.25) is 4.79 Å². The van der Waals surface area contributed by atoms with Gasteiger partial charge in [0.2, 0.25) is 0 Å². The fourth-order valence-electron chi connectivity index (χ4n) is 1.26. The maximum absolute atomic E-state index is 10.4. The number of carboxylic acids is 1.